The normalized spacial score (nSPS) is 11.7. The molecular formula is C62H51N9O10. The smallest absolute Gasteiger partial charge is 0.379 e. The number of carbonyl (C=O) groups is 8. The van der Waals surface area contributed by atoms with Crippen molar-refractivity contribution in [2.45, 2.75) is 12.8 Å². The summed E-state index contributed by atoms with van der Waals surface area (Å²) < 4.78 is 8.77. The summed E-state index contributed by atoms with van der Waals surface area (Å²) in [6.45, 7) is 0. The van der Waals surface area contributed by atoms with Gasteiger partial charge in [0, 0.05) is 91.9 Å². The fourth-order valence-electron chi connectivity index (χ4n) is 9.43. The highest BCUT2D eigenvalue weighted by atomic mass is 16.5. The summed E-state index contributed by atoms with van der Waals surface area (Å²) in [6, 6.07) is 45.3. The van der Waals surface area contributed by atoms with E-state index in [0.717, 1.165) is 82.2 Å². The van der Waals surface area contributed by atoms with Gasteiger partial charge in [0.25, 0.3) is 23.4 Å². The molecule has 0 fully saturated rings. The molecule has 0 aliphatic carbocycles. The van der Waals surface area contributed by atoms with Crippen LogP contribution in [-0.2, 0) is 51.1 Å². The molecule has 0 saturated carbocycles. The first kappa shape index (κ1) is 54.4. The number of Topliss-reactive ketones (excluding diaryl/α,β-unsaturated/α-hetero) is 2. The molecule has 11 N–H and O–H groups in total. The number of nitrogens with one attached hydrogen (secondary N) is 7. The Kier molecular flexibility index (Phi) is 16.4. The summed E-state index contributed by atoms with van der Waals surface area (Å²) in [6.07, 6.45) is 11.1. The zero-order valence-corrected chi connectivity index (χ0v) is 43.5. The van der Waals surface area contributed by atoms with Crippen LogP contribution < -0.4 is 16.8 Å². The van der Waals surface area contributed by atoms with E-state index in [0.29, 0.717) is 34.2 Å². The van der Waals surface area contributed by atoms with E-state index in [1.807, 2.05) is 146 Å². The third kappa shape index (κ3) is 11.8. The Labute approximate surface area is 459 Å². The average Bonchev–Trinajstić information content (AvgIpc) is 4.51. The molecule has 0 radical (unpaired) electrons. The van der Waals surface area contributed by atoms with Gasteiger partial charge in [-0.3, -0.25) is 34.1 Å². The molecule has 0 unspecified atom stereocenters. The van der Waals surface area contributed by atoms with Gasteiger partial charge in [0.2, 0.25) is 11.8 Å². The third-order valence-electron chi connectivity index (χ3n) is 13.1. The number of aromatic amines is 6. The second kappa shape index (κ2) is 24.3. The first-order valence-corrected chi connectivity index (χ1v) is 25.0. The number of benzene rings is 6. The maximum absolute atomic E-state index is 12.6. The molecule has 19 heteroatoms. The summed E-state index contributed by atoms with van der Waals surface area (Å²) in [5, 5.41) is 8.16. The topological polar surface area (TPSA) is 314 Å². The number of hydrogen-bond donors (Lipinski definition) is 9. The van der Waals surface area contributed by atoms with Crippen LogP contribution >= 0.6 is 0 Å². The van der Waals surface area contributed by atoms with Gasteiger partial charge in [-0.2, -0.15) is 0 Å². The van der Waals surface area contributed by atoms with E-state index < -0.39 is 23.5 Å². The van der Waals surface area contributed by atoms with Crippen molar-refractivity contribution in [2.75, 3.05) is 14.2 Å². The lowest BCUT2D eigenvalue weighted by Gasteiger charge is -2.05. The molecular weight excluding hydrogens is 1030 g/mol. The van der Waals surface area contributed by atoms with Gasteiger partial charge < -0.3 is 50.8 Å². The van der Waals surface area contributed by atoms with Gasteiger partial charge in [0.1, 0.15) is 0 Å². The Bertz CT molecular complexity index is 4400. The molecule has 81 heavy (non-hydrogen) atoms. The minimum Gasteiger partial charge on any atom is -0.463 e. The van der Waals surface area contributed by atoms with E-state index in [4.69, 9.17) is 11.5 Å². The molecule has 1 aliphatic rings. The predicted octanol–water partition coefficient (Wildman–Crippen LogP) is 8.66. The van der Waals surface area contributed by atoms with Crippen LogP contribution in [0.15, 0.2) is 183 Å². The van der Waals surface area contributed by atoms with Gasteiger partial charge in [-0.25, -0.2) is 9.59 Å². The van der Waals surface area contributed by atoms with Crippen LogP contribution in [0.5, 0.6) is 0 Å². The molecule has 7 heterocycles. The largest absolute Gasteiger partial charge is 0.463 e. The van der Waals surface area contributed by atoms with E-state index in [1.165, 1.54) is 20.4 Å². The maximum atomic E-state index is 12.6. The van der Waals surface area contributed by atoms with Crippen molar-refractivity contribution in [1.29, 1.82) is 0 Å². The molecule has 0 atom stereocenters. The Morgan fingerprint density at radius 2 is 0.864 bits per heavy atom. The number of esters is 2. The van der Waals surface area contributed by atoms with Crippen molar-refractivity contribution in [1.82, 2.24) is 35.2 Å². The van der Waals surface area contributed by atoms with Crippen molar-refractivity contribution >= 4 is 124 Å². The molecule has 19 nitrogen and oxygen atoms in total. The van der Waals surface area contributed by atoms with Crippen LogP contribution in [0, 0.1) is 0 Å². The SMILES string of the molecule is COC(=O)C(=O)c1c[nH]c2ccccc12.COC(=O)C(=O)c1cccc2cc[nH]c12.NC(=O)Cc1c[nH]c2ccccc12.NC(=O)Cc1cccc2cc[nH]c12.O=C1NC(=O)C(c2cccc3cc[nH]c23)=C1c1c[nH]c2ccccc12. The summed E-state index contributed by atoms with van der Waals surface area (Å²) in [5.74, 6) is -4.30. The lowest BCUT2D eigenvalue weighted by atomic mass is 9.95. The molecule has 0 spiro atoms. The zero-order chi connectivity index (χ0) is 57.2. The third-order valence-corrected chi connectivity index (χ3v) is 13.1. The number of H-pyrrole nitrogens is 6. The van der Waals surface area contributed by atoms with Gasteiger partial charge in [-0.15, -0.1) is 0 Å². The molecule has 0 bridgehead atoms. The van der Waals surface area contributed by atoms with Crippen LogP contribution in [0.1, 0.15) is 43.0 Å². The number of primary amides is 2. The second-order valence-electron chi connectivity index (χ2n) is 18.2. The molecule has 12 aromatic rings. The van der Waals surface area contributed by atoms with E-state index >= 15 is 0 Å². The van der Waals surface area contributed by atoms with Gasteiger partial charge in [-0.1, -0.05) is 103 Å². The molecule has 6 aromatic heterocycles. The minimum atomic E-state index is -0.850. The Morgan fingerprint density at radius 3 is 1.49 bits per heavy atom. The first-order valence-electron chi connectivity index (χ1n) is 25.0. The van der Waals surface area contributed by atoms with Gasteiger partial charge >= 0.3 is 11.9 Å². The Balaban J connectivity index is 0.000000126. The van der Waals surface area contributed by atoms with Gasteiger partial charge in [0.05, 0.1) is 60.4 Å². The second-order valence-corrected chi connectivity index (χ2v) is 18.2. The van der Waals surface area contributed by atoms with Crippen LogP contribution in [0.25, 0.3) is 76.6 Å². The van der Waals surface area contributed by atoms with E-state index in [-0.39, 0.29) is 30.0 Å². The lowest BCUT2D eigenvalue weighted by molar-refractivity contribution is -0.135. The number of para-hydroxylation sites is 6. The number of methoxy groups -OCH3 is 2. The number of aromatic nitrogens is 6. The highest BCUT2D eigenvalue weighted by Gasteiger charge is 2.34. The molecule has 13 rings (SSSR count). The van der Waals surface area contributed by atoms with Crippen LogP contribution in [0.4, 0.5) is 0 Å². The van der Waals surface area contributed by atoms with Crippen molar-refractivity contribution in [3.63, 3.8) is 0 Å². The number of imide groups is 1. The highest BCUT2D eigenvalue weighted by Crippen LogP contribution is 2.37. The van der Waals surface area contributed by atoms with Gasteiger partial charge in [0.15, 0.2) is 0 Å². The number of hydrogen-bond acceptors (Lipinski definition) is 10. The van der Waals surface area contributed by atoms with Gasteiger partial charge in [-0.05, 0) is 64.4 Å². The lowest BCUT2D eigenvalue weighted by Crippen LogP contribution is -2.22. The monoisotopic (exact) mass is 1080 g/mol. The average molecular weight is 1080 g/mol. The van der Waals surface area contributed by atoms with E-state index in [1.54, 1.807) is 30.6 Å². The summed E-state index contributed by atoms with van der Waals surface area (Å²) >= 11 is 0. The van der Waals surface area contributed by atoms with Crippen molar-refractivity contribution in [2.24, 2.45) is 11.5 Å². The van der Waals surface area contributed by atoms with Crippen molar-refractivity contribution in [3.05, 3.63) is 216 Å². The predicted molar refractivity (Wildman–Crippen MR) is 308 cm³/mol. The quantitative estimate of drug-likeness (QED) is 0.0272. The fraction of sp³-hybridized carbons (Fsp3) is 0.0645. The molecule has 1 aliphatic heterocycles. The number of ketones is 2. The number of carbonyl (C=O) groups excluding carboxylic acids is 8. The van der Waals surface area contributed by atoms with Crippen LogP contribution in [-0.4, -0.2) is 91.3 Å². The van der Waals surface area contributed by atoms with Crippen LogP contribution in [0.3, 0.4) is 0 Å². The van der Waals surface area contributed by atoms with Crippen LogP contribution in [0.2, 0.25) is 0 Å². The molecule has 6 aromatic carbocycles. The number of fused-ring (bicyclic) bond motifs is 6. The summed E-state index contributed by atoms with van der Waals surface area (Å²) in [5.41, 5.74) is 20.4. The van der Waals surface area contributed by atoms with E-state index in [2.05, 4.69) is 44.7 Å². The summed E-state index contributed by atoms with van der Waals surface area (Å²) in [7, 11) is 2.38. The highest BCUT2D eigenvalue weighted by molar-refractivity contribution is 6.51. The number of amides is 4. The number of rotatable bonds is 10. The molecule has 4 amide bonds. The van der Waals surface area contributed by atoms with Crippen molar-refractivity contribution < 1.29 is 47.8 Å². The molecule has 404 valence electrons. The maximum Gasteiger partial charge on any atom is 0.379 e. The standard InChI is InChI=1S/C20H13N3O2.2C11H9NO3.2C10H10N2O/c24-19-16(13-6-3-4-11-8-9-21-18(11)13)17(20(25)23-19)14-10-22-15-7-2-1-5-12(14)15;1-15-11(14)10(13)8-4-2-3-7-5-6-12-9(7)8;1-15-11(14)10(13)8-6-12-9-5-3-2-4-7(8)9;11-9(13)6-8-3-1-2-7-4-5-12-10(7)8;11-10(13)5-7-6-12-9-4-2-1-3-8(7)9/h1-10,21-22H,(H,23,24,25);2*2-6,12H,1H3;1-5,12H,6H2,(H2,11,13);1-4,6,12H,5H2,(H2,11,13). The molecule has 0 saturated heterocycles. The first-order chi connectivity index (χ1) is 39.3. The number of ether oxygens (including phenoxy) is 2. The minimum absolute atomic E-state index is 0.290. The number of nitrogens with two attached hydrogens (primary N) is 2. The van der Waals surface area contributed by atoms with Crippen molar-refractivity contribution in [3.8, 4) is 0 Å². The summed E-state index contributed by atoms with van der Waals surface area (Å²) in [4.78, 5) is 110. The fourth-order valence-corrected chi connectivity index (χ4v) is 9.43. The zero-order valence-electron chi connectivity index (χ0n) is 43.5. The van der Waals surface area contributed by atoms with E-state index in [9.17, 15) is 38.4 Å². The Hall–Kier alpha value is -11.3. The Morgan fingerprint density at radius 1 is 0.407 bits per heavy atom.